The zero-order chi connectivity index (χ0) is 9.10. The Morgan fingerprint density at radius 1 is 1.23 bits per heavy atom. The molecule has 0 atom stereocenters. The van der Waals surface area contributed by atoms with E-state index in [0.29, 0.717) is 5.75 Å². The van der Waals surface area contributed by atoms with Gasteiger partial charge in [0.25, 0.3) is 0 Å². The van der Waals surface area contributed by atoms with Crippen molar-refractivity contribution in [2.24, 2.45) is 0 Å². The first-order chi connectivity index (χ1) is 6.36. The molecule has 2 rings (SSSR count). The highest BCUT2D eigenvalue weighted by Crippen LogP contribution is 2.20. The number of carbonyl (C=O) groups is 1. The van der Waals surface area contributed by atoms with E-state index in [0.717, 1.165) is 18.4 Å². The first kappa shape index (κ1) is 8.05. The summed E-state index contributed by atoms with van der Waals surface area (Å²) in [6.45, 7) is 0. The van der Waals surface area contributed by atoms with Gasteiger partial charge in [-0.05, 0) is 25.0 Å². The molecule has 0 spiro atoms. The Morgan fingerprint density at radius 3 is 2.46 bits per heavy atom. The molecule has 0 saturated carbocycles. The van der Waals surface area contributed by atoms with Crippen LogP contribution in [0, 0.1) is 0 Å². The van der Waals surface area contributed by atoms with Crippen molar-refractivity contribution in [2.45, 2.75) is 12.8 Å². The van der Waals surface area contributed by atoms with E-state index < -0.39 is 0 Å². The van der Waals surface area contributed by atoms with Crippen molar-refractivity contribution < 1.29 is 9.53 Å². The summed E-state index contributed by atoms with van der Waals surface area (Å²) in [5, 5.41) is 0. The third kappa shape index (κ3) is 1.78. The van der Waals surface area contributed by atoms with Crippen molar-refractivity contribution in [1.29, 1.82) is 0 Å². The highest BCUT2D eigenvalue weighted by molar-refractivity contribution is 5.91. The largest absolute Gasteiger partial charge is 0.423 e. The summed E-state index contributed by atoms with van der Waals surface area (Å²) in [5.41, 5.74) is 0.795. The SMILES string of the molecule is O=C(Oc1ccccc1)C1=CCC1. The van der Waals surface area contributed by atoms with Crippen LogP contribution in [0.15, 0.2) is 42.0 Å². The highest BCUT2D eigenvalue weighted by Gasteiger charge is 2.16. The van der Waals surface area contributed by atoms with E-state index in [1.807, 2.05) is 24.3 Å². The van der Waals surface area contributed by atoms with Crippen molar-refractivity contribution in [3.63, 3.8) is 0 Å². The van der Waals surface area contributed by atoms with Crippen LogP contribution in [-0.4, -0.2) is 5.97 Å². The van der Waals surface area contributed by atoms with Crippen LogP contribution in [0.2, 0.25) is 0 Å². The van der Waals surface area contributed by atoms with Gasteiger partial charge in [0.15, 0.2) is 0 Å². The molecule has 0 N–H and O–H groups in total. The van der Waals surface area contributed by atoms with Gasteiger partial charge in [0.1, 0.15) is 5.75 Å². The molecule has 0 aliphatic heterocycles. The summed E-state index contributed by atoms with van der Waals surface area (Å²) in [6.07, 6.45) is 3.76. The van der Waals surface area contributed by atoms with Crippen LogP contribution in [0.5, 0.6) is 5.75 Å². The summed E-state index contributed by atoms with van der Waals surface area (Å²) in [7, 11) is 0. The first-order valence-electron chi connectivity index (χ1n) is 4.32. The minimum atomic E-state index is -0.211. The van der Waals surface area contributed by atoms with Crippen molar-refractivity contribution in [2.75, 3.05) is 0 Å². The number of allylic oxidation sites excluding steroid dienone is 1. The zero-order valence-corrected chi connectivity index (χ0v) is 7.19. The quantitative estimate of drug-likeness (QED) is 0.508. The van der Waals surface area contributed by atoms with Crippen molar-refractivity contribution >= 4 is 5.97 Å². The summed E-state index contributed by atoms with van der Waals surface area (Å²) >= 11 is 0. The second-order valence-electron chi connectivity index (χ2n) is 2.97. The van der Waals surface area contributed by atoms with Gasteiger partial charge in [0, 0.05) is 5.57 Å². The predicted molar refractivity (Wildman–Crippen MR) is 49.4 cm³/mol. The highest BCUT2D eigenvalue weighted by atomic mass is 16.5. The molecule has 1 aromatic carbocycles. The minimum Gasteiger partial charge on any atom is -0.423 e. The second kappa shape index (κ2) is 3.44. The Labute approximate surface area is 76.8 Å². The van der Waals surface area contributed by atoms with E-state index in [1.54, 1.807) is 12.1 Å². The van der Waals surface area contributed by atoms with Gasteiger partial charge in [-0.25, -0.2) is 4.79 Å². The molecule has 2 nitrogen and oxygen atoms in total. The Hall–Kier alpha value is -1.57. The van der Waals surface area contributed by atoms with Gasteiger partial charge in [0.2, 0.25) is 0 Å². The molecule has 1 aliphatic rings. The maximum atomic E-state index is 11.3. The lowest BCUT2D eigenvalue weighted by molar-refractivity contribution is -0.130. The molecule has 2 heteroatoms. The molecule has 1 aliphatic carbocycles. The number of carbonyl (C=O) groups excluding carboxylic acids is 1. The number of esters is 1. The molecular formula is C11H10O2. The van der Waals surface area contributed by atoms with Crippen LogP contribution in [0.4, 0.5) is 0 Å². The van der Waals surface area contributed by atoms with Gasteiger partial charge < -0.3 is 4.74 Å². The monoisotopic (exact) mass is 174 g/mol. The average molecular weight is 174 g/mol. The third-order valence-corrected chi connectivity index (χ3v) is 2.02. The van der Waals surface area contributed by atoms with Gasteiger partial charge in [-0.2, -0.15) is 0 Å². The molecule has 0 unspecified atom stereocenters. The molecule has 13 heavy (non-hydrogen) atoms. The first-order valence-corrected chi connectivity index (χ1v) is 4.32. The molecule has 0 bridgehead atoms. The standard InChI is InChI=1S/C11H10O2/c12-11(9-5-4-6-9)13-10-7-2-1-3-8-10/h1-3,5,7-8H,4,6H2. The molecule has 0 aromatic heterocycles. The molecule has 66 valence electrons. The third-order valence-electron chi connectivity index (χ3n) is 2.02. The van der Waals surface area contributed by atoms with Gasteiger partial charge in [-0.3, -0.25) is 0 Å². The topological polar surface area (TPSA) is 26.3 Å². The number of benzene rings is 1. The Balaban J connectivity index is 2.02. The van der Waals surface area contributed by atoms with Crippen molar-refractivity contribution in [1.82, 2.24) is 0 Å². The maximum absolute atomic E-state index is 11.3. The van der Waals surface area contributed by atoms with Crippen LogP contribution in [0.3, 0.4) is 0 Å². The normalized spacial score (nSPS) is 14.3. The minimum absolute atomic E-state index is 0.211. The average Bonchev–Trinajstić information content (AvgIpc) is 2.02. The predicted octanol–water partition coefficient (Wildman–Crippen LogP) is 2.31. The lowest BCUT2D eigenvalue weighted by Crippen LogP contribution is -2.14. The zero-order valence-electron chi connectivity index (χ0n) is 7.19. The lowest BCUT2D eigenvalue weighted by atomic mass is 10.00. The smallest absolute Gasteiger partial charge is 0.339 e. The molecule has 1 aromatic rings. The Morgan fingerprint density at radius 2 is 1.92 bits per heavy atom. The van der Waals surface area contributed by atoms with Crippen molar-refractivity contribution in [3.05, 3.63) is 42.0 Å². The molecule has 0 saturated heterocycles. The molecule has 0 fully saturated rings. The summed E-state index contributed by atoms with van der Waals surface area (Å²) in [6, 6.07) is 9.13. The van der Waals surface area contributed by atoms with E-state index in [-0.39, 0.29) is 5.97 Å². The Bertz CT molecular complexity index is 338. The fourth-order valence-corrected chi connectivity index (χ4v) is 1.14. The van der Waals surface area contributed by atoms with E-state index in [9.17, 15) is 4.79 Å². The molecule has 0 heterocycles. The maximum Gasteiger partial charge on any atom is 0.339 e. The summed E-state index contributed by atoms with van der Waals surface area (Å²) < 4.78 is 5.11. The van der Waals surface area contributed by atoms with Crippen LogP contribution in [0.25, 0.3) is 0 Å². The van der Waals surface area contributed by atoms with Crippen molar-refractivity contribution in [3.8, 4) is 5.75 Å². The molecule has 0 radical (unpaired) electrons. The lowest BCUT2D eigenvalue weighted by Gasteiger charge is -2.12. The van der Waals surface area contributed by atoms with Crippen LogP contribution in [0.1, 0.15) is 12.8 Å². The van der Waals surface area contributed by atoms with E-state index in [2.05, 4.69) is 0 Å². The van der Waals surface area contributed by atoms with E-state index >= 15 is 0 Å². The van der Waals surface area contributed by atoms with Crippen LogP contribution >= 0.6 is 0 Å². The van der Waals surface area contributed by atoms with Crippen LogP contribution in [-0.2, 0) is 4.79 Å². The number of ether oxygens (including phenoxy) is 1. The van der Waals surface area contributed by atoms with Gasteiger partial charge in [-0.15, -0.1) is 0 Å². The fourth-order valence-electron chi connectivity index (χ4n) is 1.14. The number of rotatable bonds is 2. The Kier molecular flexibility index (Phi) is 2.13. The number of para-hydroxylation sites is 1. The van der Waals surface area contributed by atoms with Gasteiger partial charge in [-0.1, -0.05) is 24.3 Å². The molecular weight excluding hydrogens is 164 g/mol. The van der Waals surface area contributed by atoms with Gasteiger partial charge in [0.05, 0.1) is 0 Å². The number of hydrogen-bond donors (Lipinski definition) is 0. The number of hydrogen-bond acceptors (Lipinski definition) is 2. The fraction of sp³-hybridized carbons (Fsp3) is 0.182. The molecule has 0 amide bonds. The van der Waals surface area contributed by atoms with Crippen LogP contribution < -0.4 is 4.74 Å². The van der Waals surface area contributed by atoms with E-state index in [1.165, 1.54) is 0 Å². The second-order valence-corrected chi connectivity index (χ2v) is 2.97. The van der Waals surface area contributed by atoms with E-state index in [4.69, 9.17) is 4.74 Å². The van der Waals surface area contributed by atoms with Gasteiger partial charge >= 0.3 is 5.97 Å². The summed E-state index contributed by atoms with van der Waals surface area (Å²) in [4.78, 5) is 11.3. The summed E-state index contributed by atoms with van der Waals surface area (Å²) in [5.74, 6) is 0.401.